The lowest BCUT2D eigenvalue weighted by atomic mass is 9.97. The van der Waals surface area contributed by atoms with E-state index in [0.29, 0.717) is 29.1 Å². The lowest BCUT2D eigenvalue weighted by Crippen LogP contribution is -2.10. The molecular formula is C15H12FN3O. The van der Waals surface area contributed by atoms with Crippen molar-refractivity contribution in [1.29, 1.82) is 0 Å². The molecule has 1 aromatic heterocycles. The van der Waals surface area contributed by atoms with Crippen molar-refractivity contribution in [3.05, 3.63) is 65.2 Å². The van der Waals surface area contributed by atoms with Crippen molar-refractivity contribution in [3.63, 3.8) is 0 Å². The lowest BCUT2D eigenvalue weighted by Gasteiger charge is -2.12. The Labute approximate surface area is 115 Å². The molecule has 2 heterocycles. The number of hydrogen-bond donors (Lipinski definition) is 2. The second-order valence-electron chi connectivity index (χ2n) is 4.40. The minimum Gasteiger partial charge on any atom is -0.507 e. The number of aromatic nitrogens is 1. The number of aromatic hydroxyl groups is 1. The van der Waals surface area contributed by atoms with Crippen LogP contribution in [0, 0.1) is 5.82 Å². The molecule has 0 radical (unpaired) electrons. The van der Waals surface area contributed by atoms with E-state index < -0.39 is 5.82 Å². The number of phenolic OH excluding ortho intramolecular Hbond substituents is 1. The van der Waals surface area contributed by atoms with Crippen molar-refractivity contribution in [1.82, 2.24) is 4.98 Å². The average Bonchev–Trinajstić information content (AvgIpc) is 2.60. The molecule has 1 aromatic carbocycles. The summed E-state index contributed by atoms with van der Waals surface area (Å²) in [5.74, 6) is -0.668. The Morgan fingerprint density at radius 3 is 2.85 bits per heavy atom. The number of phenols is 1. The fraction of sp³-hybridized carbons (Fsp3) is 0.0667. The predicted molar refractivity (Wildman–Crippen MR) is 75.0 cm³/mol. The zero-order chi connectivity index (χ0) is 14.1. The molecular weight excluding hydrogens is 257 g/mol. The van der Waals surface area contributed by atoms with Crippen LogP contribution in [-0.4, -0.2) is 22.3 Å². The Kier molecular flexibility index (Phi) is 2.95. The third-order valence-electron chi connectivity index (χ3n) is 3.18. The molecule has 0 amide bonds. The molecule has 5 heteroatoms. The molecule has 20 heavy (non-hydrogen) atoms. The summed E-state index contributed by atoms with van der Waals surface area (Å²) in [5.41, 5.74) is 8.31. The van der Waals surface area contributed by atoms with E-state index in [0.717, 1.165) is 0 Å². The standard InChI is InChI=1S/C15H12FN3O/c16-11-2-1-3-13(20)14(11)15-9-4-6-18-8-10(9)12(17)5-7-19-15/h1-6,8,20H,7,17H2. The first kappa shape index (κ1) is 12.3. The molecule has 0 saturated heterocycles. The van der Waals surface area contributed by atoms with Crippen molar-refractivity contribution in [2.45, 2.75) is 0 Å². The van der Waals surface area contributed by atoms with Crippen LogP contribution in [0.1, 0.15) is 16.7 Å². The summed E-state index contributed by atoms with van der Waals surface area (Å²) in [7, 11) is 0. The maximum absolute atomic E-state index is 14.1. The second kappa shape index (κ2) is 4.77. The molecule has 0 bridgehead atoms. The minimum atomic E-state index is -0.521. The fourth-order valence-corrected chi connectivity index (χ4v) is 2.22. The highest BCUT2D eigenvalue weighted by Gasteiger charge is 2.21. The largest absolute Gasteiger partial charge is 0.507 e. The lowest BCUT2D eigenvalue weighted by molar-refractivity contribution is 0.467. The van der Waals surface area contributed by atoms with Crippen LogP contribution in [0.5, 0.6) is 5.75 Å². The first-order valence-corrected chi connectivity index (χ1v) is 6.11. The number of fused-ring (bicyclic) bond motifs is 1. The average molecular weight is 269 g/mol. The minimum absolute atomic E-state index is 0.0862. The molecule has 0 fully saturated rings. The van der Waals surface area contributed by atoms with Gasteiger partial charge in [-0.15, -0.1) is 0 Å². The highest BCUT2D eigenvalue weighted by Crippen LogP contribution is 2.28. The quantitative estimate of drug-likeness (QED) is 0.832. The Hall–Kier alpha value is -2.69. The Morgan fingerprint density at radius 2 is 2.05 bits per heavy atom. The third-order valence-corrected chi connectivity index (χ3v) is 3.18. The summed E-state index contributed by atoms with van der Waals surface area (Å²) >= 11 is 0. The van der Waals surface area contributed by atoms with Crippen LogP contribution in [0.3, 0.4) is 0 Å². The van der Waals surface area contributed by atoms with Gasteiger partial charge in [-0.25, -0.2) is 4.39 Å². The van der Waals surface area contributed by atoms with Crippen molar-refractivity contribution in [2.24, 2.45) is 10.7 Å². The molecule has 100 valence electrons. The SMILES string of the molecule is NC1=CCN=C(c2c(O)cccc2F)c2ccncc21. The predicted octanol–water partition coefficient (Wildman–Crippen LogP) is 2.08. The summed E-state index contributed by atoms with van der Waals surface area (Å²) in [4.78, 5) is 8.37. The molecule has 3 rings (SSSR count). The molecule has 1 aliphatic rings. The summed E-state index contributed by atoms with van der Waals surface area (Å²) in [6.45, 7) is 0.323. The number of benzene rings is 1. The van der Waals surface area contributed by atoms with Gasteiger partial charge in [0.1, 0.15) is 11.6 Å². The van der Waals surface area contributed by atoms with Crippen LogP contribution in [0.25, 0.3) is 5.70 Å². The van der Waals surface area contributed by atoms with Crippen LogP contribution in [-0.2, 0) is 0 Å². The zero-order valence-corrected chi connectivity index (χ0v) is 10.5. The van der Waals surface area contributed by atoms with E-state index in [9.17, 15) is 9.50 Å². The summed E-state index contributed by atoms with van der Waals surface area (Å²) in [6, 6.07) is 5.89. The van der Waals surface area contributed by atoms with Gasteiger partial charge < -0.3 is 10.8 Å². The maximum Gasteiger partial charge on any atom is 0.136 e. The van der Waals surface area contributed by atoms with Crippen LogP contribution in [0.4, 0.5) is 4.39 Å². The van der Waals surface area contributed by atoms with E-state index in [4.69, 9.17) is 5.73 Å². The fourth-order valence-electron chi connectivity index (χ4n) is 2.22. The van der Waals surface area contributed by atoms with Gasteiger partial charge in [0, 0.05) is 29.2 Å². The molecule has 3 N–H and O–H groups in total. The Morgan fingerprint density at radius 1 is 1.20 bits per heavy atom. The number of nitrogens with two attached hydrogens (primary N) is 1. The van der Waals surface area contributed by atoms with Gasteiger partial charge in [-0.05, 0) is 24.3 Å². The second-order valence-corrected chi connectivity index (χ2v) is 4.40. The van der Waals surface area contributed by atoms with Gasteiger partial charge in [0.25, 0.3) is 0 Å². The molecule has 2 aromatic rings. The maximum atomic E-state index is 14.1. The number of nitrogens with zero attached hydrogens (tertiary/aromatic N) is 2. The van der Waals surface area contributed by atoms with Crippen LogP contribution in [0.15, 0.2) is 47.7 Å². The molecule has 0 atom stereocenters. The normalized spacial score (nSPS) is 14.1. The summed E-state index contributed by atoms with van der Waals surface area (Å²) in [5, 5.41) is 9.94. The highest BCUT2D eigenvalue weighted by molar-refractivity contribution is 6.17. The van der Waals surface area contributed by atoms with Gasteiger partial charge in [0.2, 0.25) is 0 Å². The molecule has 1 aliphatic heterocycles. The number of pyridine rings is 1. The zero-order valence-electron chi connectivity index (χ0n) is 10.5. The third kappa shape index (κ3) is 1.93. The highest BCUT2D eigenvalue weighted by atomic mass is 19.1. The van der Waals surface area contributed by atoms with Gasteiger partial charge in [-0.2, -0.15) is 0 Å². The molecule has 4 nitrogen and oxygen atoms in total. The van der Waals surface area contributed by atoms with E-state index in [-0.39, 0.29) is 11.3 Å². The van der Waals surface area contributed by atoms with Crippen LogP contribution >= 0.6 is 0 Å². The van der Waals surface area contributed by atoms with Crippen molar-refractivity contribution in [2.75, 3.05) is 6.54 Å². The van der Waals surface area contributed by atoms with Crippen LogP contribution in [0.2, 0.25) is 0 Å². The topological polar surface area (TPSA) is 71.5 Å². The van der Waals surface area contributed by atoms with E-state index in [1.165, 1.54) is 18.2 Å². The van der Waals surface area contributed by atoms with Gasteiger partial charge in [0.15, 0.2) is 0 Å². The number of rotatable bonds is 1. The van der Waals surface area contributed by atoms with Crippen molar-refractivity contribution < 1.29 is 9.50 Å². The first-order chi connectivity index (χ1) is 9.68. The van der Waals surface area contributed by atoms with E-state index in [1.54, 1.807) is 24.5 Å². The molecule has 0 saturated carbocycles. The Bertz CT molecular complexity index is 717. The number of hydrogen-bond acceptors (Lipinski definition) is 4. The molecule has 0 spiro atoms. The van der Waals surface area contributed by atoms with Gasteiger partial charge in [-0.1, -0.05) is 6.07 Å². The Balaban J connectivity index is 2.26. The van der Waals surface area contributed by atoms with Gasteiger partial charge in [0.05, 0.1) is 17.8 Å². The van der Waals surface area contributed by atoms with Crippen molar-refractivity contribution in [3.8, 4) is 5.75 Å². The number of halogens is 1. The first-order valence-electron chi connectivity index (χ1n) is 6.11. The van der Waals surface area contributed by atoms with E-state index in [1.807, 2.05) is 0 Å². The molecule has 0 unspecified atom stereocenters. The van der Waals surface area contributed by atoms with E-state index >= 15 is 0 Å². The van der Waals surface area contributed by atoms with E-state index in [2.05, 4.69) is 9.98 Å². The number of aliphatic imine (C=N–C) groups is 1. The van der Waals surface area contributed by atoms with Gasteiger partial charge >= 0.3 is 0 Å². The molecule has 0 aliphatic carbocycles. The van der Waals surface area contributed by atoms with Crippen molar-refractivity contribution >= 4 is 11.4 Å². The summed E-state index contributed by atoms with van der Waals surface area (Å²) in [6.07, 6.45) is 4.94. The summed E-state index contributed by atoms with van der Waals surface area (Å²) < 4.78 is 14.1. The van der Waals surface area contributed by atoms with Crippen LogP contribution < -0.4 is 5.73 Å². The van der Waals surface area contributed by atoms with Gasteiger partial charge in [-0.3, -0.25) is 9.98 Å². The smallest absolute Gasteiger partial charge is 0.136 e. The monoisotopic (exact) mass is 269 g/mol.